The summed E-state index contributed by atoms with van der Waals surface area (Å²) in [6.07, 6.45) is 5.75. The van der Waals surface area contributed by atoms with Crippen LogP contribution in [0.15, 0.2) is 36.9 Å². The molecule has 1 aliphatic rings. The van der Waals surface area contributed by atoms with Gasteiger partial charge in [-0.2, -0.15) is 0 Å². The number of hydrogen-bond donors (Lipinski definition) is 1. The van der Waals surface area contributed by atoms with E-state index in [4.69, 9.17) is 0 Å². The zero-order chi connectivity index (χ0) is 17.6. The Labute approximate surface area is 147 Å². The molecule has 0 radical (unpaired) electrons. The summed E-state index contributed by atoms with van der Waals surface area (Å²) in [6.45, 7) is 5.63. The second kappa shape index (κ2) is 7.96. The van der Waals surface area contributed by atoms with Crippen LogP contribution in [0.4, 0.5) is 0 Å². The van der Waals surface area contributed by atoms with Crippen molar-refractivity contribution >= 4 is 22.8 Å². The highest BCUT2D eigenvalue weighted by Crippen LogP contribution is 2.17. The Morgan fingerprint density at radius 1 is 1.16 bits per heavy atom. The standard InChI is InChI=1S/C19H24N4O2/c1-2-18(24)20-13-17-21-15-9-5-6-10-16(15)23(17)14-19(25)22-11-7-3-4-8-12-22/h2,5-6,9-10H,1,3-4,7-8,11-14H2,(H,20,24). The van der Waals surface area contributed by atoms with Gasteiger partial charge in [-0.05, 0) is 31.1 Å². The second-order valence-electron chi connectivity index (χ2n) is 6.32. The van der Waals surface area contributed by atoms with Gasteiger partial charge in [-0.15, -0.1) is 0 Å². The van der Waals surface area contributed by atoms with Crippen molar-refractivity contribution in [2.24, 2.45) is 0 Å². The van der Waals surface area contributed by atoms with Gasteiger partial charge in [-0.1, -0.05) is 31.6 Å². The van der Waals surface area contributed by atoms with Gasteiger partial charge in [0.15, 0.2) is 0 Å². The fraction of sp³-hybridized carbons (Fsp3) is 0.421. The number of likely N-dealkylation sites (tertiary alicyclic amines) is 1. The molecule has 0 unspecified atom stereocenters. The number of rotatable bonds is 5. The summed E-state index contributed by atoms with van der Waals surface area (Å²) in [6, 6.07) is 7.73. The third kappa shape index (κ3) is 4.07. The maximum Gasteiger partial charge on any atom is 0.243 e. The number of aromatic nitrogens is 2. The van der Waals surface area contributed by atoms with Crippen molar-refractivity contribution in [3.8, 4) is 0 Å². The van der Waals surface area contributed by atoms with Gasteiger partial charge < -0.3 is 14.8 Å². The van der Waals surface area contributed by atoms with Crippen molar-refractivity contribution in [1.29, 1.82) is 0 Å². The molecule has 0 saturated carbocycles. The van der Waals surface area contributed by atoms with Gasteiger partial charge in [-0.3, -0.25) is 9.59 Å². The summed E-state index contributed by atoms with van der Waals surface area (Å²) in [5.41, 5.74) is 1.74. The second-order valence-corrected chi connectivity index (χ2v) is 6.32. The Morgan fingerprint density at radius 2 is 1.88 bits per heavy atom. The molecule has 6 nitrogen and oxygen atoms in total. The number of carbonyl (C=O) groups excluding carboxylic acids is 2. The molecule has 1 saturated heterocycles. The number of nitrogens with zero attached hydrogens (tertiary/aromatic N) is 3. The Morgan fingerprint density at radius 3 is 2.60 bits per heavy atom. The summed E-state index contributed by atoms with van der Waals surface area (Å²) in [5, 5.41) is 2.75. The third-order valence-electron chi connectivity index (χ3n) is 4.59. The van der Waals surface area contributed by atoms with Gasteiger partial charge in [0.2, 0.25) is 11.8 Å². The molecular weight excluding hydrogens is 316 g/mol. The van der Waals surface area contributed by atoms with Gasteiger partial charge in [-0.25, -0.2) is 4.98 Å². The fourth-order valence-corrected chi connectivity index (χ4v) is 3.23. The lowest BCUT2D eigenvalue weighted by atomic mass is 10.2. The monoisotopic (exact) mass is 340 g/mol. The van der Waals surface area contributed by atoms with E-state index in [1.807, 2.05) is 33.7 Å². The van der Waals surface area contributed by atoms with Crippen LogP contribution in [0, 0.1) is 0 Å². The molecular formula is C19H24N4O2. The molecule has 0 bridgehead atoms. The van der Waals surface area contributed by atoms with E-state index in [0.29, 0.717) is 5.82 Å². The van der Waals surface area contributed by atoms with Gasteiger partial charge in [0.05, 0.1) is 17.6 Å². The molecule has 1 aliphatic heterocycles. The number of hydrogen-bond acceptors (Lipinski definition) is 3. The molecule has 0 atom stereocenters. The molecule has 1 aromatic carbocycles. The summed E-state index contributed by atoms with van der Waals surface area (Å²) >= 11 is 0. The highest BCUT2D eigenvalue weighted by atomic mass is 16.2. The van der Waals surface area contributed by atoms with Crippen LogP contribution < -0.4 is 5.32 Å². The van der Waals surface area contributed by atoms with Gasteiger partial charge in [0.1, 0.15) is 12.4 Å². The Kier molecular flexibility index (Phi) is 5.48. The molecule has 1 N–H and O–H groups in total. The van der Waals surface area contributed by atoms with Crippen molar-refractivity contribution in [2.45, 2.75) is 38.8 Å². The van der Waals surface area contributed by atoms with Crippen molar-refractivity contribution in [2.75, 3.05) is 13.1 Å². The van der Waals surface area contributed by atoms with Crippen LogP contribution in [-0.2, 0) is 22.7 Å². The van der Waals surface area contributed by atoms with Crippen LogP contribution in [0.2, 0.25) is 0 Å². The van der Waals surface area contributed by atoms with E-state index in [2.05, 4.69) is 16.9 Å². The first-order chi connectivity index (χ1) is 12.2. The highest BCUT2D eigenvalue weighted by molar-refractivity contribution is 5.87. The average Bonchev–Trinajstić information content (AvgIpc) is 2.80. The number of imidazole rings is 1. The van der Waals surface area contributed by atoms with E-state index in [1.54, 1.807) is 0 Å². The number of para-hydroxylation sites is 2. The highest BCUT2D eigenvalue weighted by Gasteiger charge is 2.19. The third-order valence-corrected chi connectivity index (χ3v) is 4.59. The lowest BCUT2D eigenvalue weighted by Crippen LogP contribution is -2.35. The number of amides is 2. The lowest BCUT2D eigenvalue weighted by molar-refractivity contribution is -0.131. The zero-order valence-electron chi connectivity index (χ0n) is 14.4. The Hall–Kier alpha value is -2.63. The predicted octanol–water partition coefficient (Wildman–Crippen LogP) is 2.24. The number of benzene rings is 1. The largest absolute Gasteiger partial charge is 0.345 e. The van der Waals surface area contributed by atoms with E-state index >= 15 is 0 Å². The van der Waals surface area contributed by atoms with Crippen LogP contribution in [0.5, 0.6) is 0 Å². The number of fused-ring (bicyclic) bond motifs is 1. The molecule has 132 valence electrons. The normalized spacial score (nSPS) is 15.0. The van der Waals surface area contributed by atoms with Crippen molar-refractivity contribution in [3.05, 3.63) is 42.7 Å². The zero-order valence-corrected chi connectivity index (χ0v) is 14.4. The van der Waals surface area contributed by atoms with Crippen molar-refractivity contribution in [1.82, 2.24) is 19.8 Å². The summed E-state index contributed by atoms with van der Waals surface area (Å²) in [4.78, 5) is 30.8. The first kappa shape index (κ1) is 17.2. The van der Waals surface area contributed by atoms with E-state index in [1.165, 1.54) is 18.9 Å². The van der Waals surface area contributed by atoms with Crippen molar-refractivity contribution in [3.63, 3.8) is 0 Å². The minimum absolute atomic E-state index is 0.112. The molecule has 25 heavy (non-hydrogen) atoms. The topological polar surface area (TPSA) is 67.2 Å². The number of carbonyl (C=O) groups is 2. The first-order valence-electron chi connectivity index (χ1n) is 8.81. The van der Waals surface area contributed by atoms with Gasteiger partial charge in [0.25, 0.3) is 0 Å². The van der Waals surface area contributed by atoms with Crippen LogP contribution in [0.25, 0.3) is 11.0 Å². The molecule has 6 heteroatoms. The van der Waals surface area contributed by atoms with Crippen LogP contribution in [0.3, 0.4) is 0 Å². The van der Waals surface area contributed by atoms with E-state index < -0.39 is 0 Å². The number of nitrogens with one attached hydrogen (secondary N) is 1. The quantitative estimate of drug-likeness (QED) is 0.849. The minimum atomic E-state index is -0.252. The SMILES string of the molecule is C=CC(=O)NCc1nc2ccccc2n1CC(=O)N1CCCCCC1. The fourth-order valence-electron chi connectivity index (χ4n) is 3.23. The van der Waals surface area contributed by atoms with Gasteiger partial charge in [0, 0.05) is 13.1 Å². The average molecular weight is 340 g/mol. The molecule has 0 spiro atoms. The van der Waals surface area contributed by atoms with Gasteiger partial charge >= 0.3 is 0 Å². The van der Waals surface area contributed by atoms with Crippen LogP contribution in [0.1, 0.15) is 31.5 Å². The summed E-state index contributed by atoms with van der Waals surface area (Å²) in [5.74, 6) is 0.540. The minimum Gasteiger partial charge on any atom is -0.345 e. The van der Waals surface area contributed by atoms with Crippen molar-refractivity contribution < 1.29 is 9.59 Å². The smallest absolute Gasteiger partial charge is 0.243 e. The molecule has 0 aliphatic carbocycles. The Bertz CT molecular complexity index is 773. The van der Waals surface area contributed by atoms with Crippen LogP contribution >= 0.6 is 0 Å². The first-order valence-corrected chi connectivity index (χ1v) is 8.81. The summed E-state index contributed by atoms with van der Waals surface area (Å²) in [7, 11) is 0. The lowest BCUT2D eigenvalue weighted by Gasteiger charge is -2.21. The molecule has 3 rings (SSSR count). The summed E-state index contributed by atoms with van der Waals surface area (Å²) < 4.78 is 1.91. The molecule has 2 aromatic rings. The maximum atomic E-state index is 12.8. The Balaban J connectivity index is 1.83. The molecule has 1 fully saturated rings. The molecule has 2 heterocycles. The van der Waals surface area contributed by atoms with E-state index in [-0.39, 0.29) is 24.9 Å². The molecule has 2 amide bonds. The van der Waals surface area contributed by atoms with E-state index in [9.17, 15) is 9.59 Å². The maximum absolute atomic E-state index is 12.8. The van der Waals surface area contributed by atoms with Crippen LogP contribution in [-0.4, -0.2) is 39.4 Å². The predicted molar refractivity (Wildman–Crippen MR) is 96.8 cm³/mol. The van der Waals surface area contributed by atoms with E-state index in [0.717, 1.165) is 37.0 Å². The molecule has 1 aromatic heterocycles.